The van der Waals surface area contributed by atoms with E-state index in [1.807, 2.05) is 0 Å². The molecule has 8 nitrogen and oxygen atoms in total. The molecule has 0 saturated heterocycles. The molecule has 2 aromatic carbocycles. The number of amides is 1. The van der Waals surface area contributed by atoms with Gasteiger partial charge in [-0.25, -0.2) is 13.2 Å². The Labute approximate surface area is 162 Å². The van der Waals surface area contributed by atoms with Gasteiger partial charge in [0, 0.05) is 18.0 Å². The first-order valence-electron chi connectivity index (χ1n) is 8.43. The fraction of sp³-hybridized carbons (Fsp3) is 0.263. The highest BCUT2D eigenvalue weighted by atomic mass is 32.2. The minimum atomic E-state index is -3.15. The Bertz CT molecular complexity index is 984. The van der Waals surface area contributed by atoms with E-state index >= 15 is 0 Å². The first-order chi connectivity index (χ1) is 13.3. The molecule has 1 N–H and O–H groups in total. The molecule has 0 fully saturated rings. The van der Waals surface area contributed by atoms with Crippen LogP contribution in [0.4, 0.5) is 5.69 Å². The lowest BCUT2D eigenvalue weighted by Gasteiger charge is -2.19. The van der Waals surface area contributed by atoms with E-state index in [0.29, 0.717) is 36.0 Å². The van der Waals surface area contributed by atoms with Gasteiger partial charge in [0.2, 0.25) is 0 Å². The quantitative estimate of drug-likeness (QED) is 0.730. The number of rotatable bonds is 6. The van der Waals surface area contributed by atoms with Gasteiger partial charge in [0.05, 0.1) is 11.3 Å². The number of fused-ring (bicyclic) bond motifs is 1. The van der Waals surface area contributed by atoms with Crippen molar-refractivity contribution in [2.75, 3.05) is 31.4 Å². The molecule has 0 saturated carbocycles. The topological polar surface area (TPSA) is 108 Å². The zero-order valence-corrected chi connectivity index (χ0v) is 16.0. The van der Waals surface area contributed by atoms with E-state index in [0.717, 1.165) is 6.26 Å². The van der Waals surface area contributed by atoms with Gasteiger partial charge in [-0.05, 0) is 29.8 Å². The van der Waals surface area contributed by atoms with Crippen molar-refractivity contribution in [3.8, 4) is 11.5 Å². The number of anilines is 1. The average Bonchev–Trinajstić information content (AvgIpc) is 2.65. The number of ether oxygens (including phenoxy) is 3. The summed E-state index contributed by atoms with van der Waals surface area (Å²) in [5.74, 6) is -0.146. The van der Waals surface area contributed by atoms with Crippen LogP contribution in [0.5, 0.6) is 11.5 Å². The summed E-state index contributed by atoms with van der Waals surface area (Å²) < 4.78 is 38.4. The Morgan fingerprint density at radius 3 is 2.39 bits per heavy atom. The average molecular weight is 405 g/mol. The third kappa shape index (κ3) is 5.46. The van der Waals surface area contributed by atoms with Crippen LogP contribution in [0.15, 0.2) is 42.5 Å². The molecular weight excluding hydrogens is 386 g/mol. The summed E-state index contributed by atoms with van der Waals surface area (Å²) in [6, 6.07) is 11.0. The summed E-state index contributed by atoms with van der Waals surface area (Å²) in [4.78, 5) is 24.0. The van der Waals surface area contributed by atoms with Crippen molar-refractivity contribution in [1.82, 2.24) is 0 Å². The Kier molecular flexibility index (Phi) is 5.84. The lowest BCUT2D eigenvalue weighted by Crippen LogP contribution is -2.21. The predicted octanol–water partition coefficient (Wildman–Crippen LogP) is 1.80. The predicted molar refractivity (Wildman–Crippen MR) is 101 cm³/mol. The van der Waals surface area contributed by atoms with Crippen molar-refractivity contribution in [2.45, 2.75) is 5.75 Å². The molecule has 0 aromatic heterocycles. The van der Waals surface area contributed by atoms with Crippen LogP contribution in [0.25, 0.3) is 0 Å². The third-order valence-corrected chi connectivity index (χ3v) is 4.64. The molecule has 0 atom stereocenters. The molecule has 0 spiro atoms. The van der Waals surface area contributed by atoms with Crippen LogP contribution in [-0.2, 0) is 25.1 Å². The highest BCUT2D eigenvalue weighted by Gasteiger charge is 2.14. The maximum Gasteiger partial charge on any atom is 0.338 e. The number of carbonyl (C=O) groups excluding carboxylic acids is 2. The molecule has 1 amide bonds. The van der Waals surface area contributed by atoms with Gasteiger partial charge in [-0.1, -0.05) is 12.1 Å². The van der Waals surface area contributed by atoms with Crippen LogP contribution in [0.1, 0.15) is 15.9 Å². The van der Waals surface area contributed by atoms with E-state index in [1.165, 1.54) is 24.3 Å². The molecule has 148 valence electrons. The summed E-state index contributed by atoms with van der Waals surface area (Å²) in [5, 5.41) is 2.62. The SMILES string of the molecule is CS(=O)(=O)Cc1ccc(C(=O)OCC(=O)Nc2ccc3c(c2)OCCO3)cc1. The summed E-state index contributed by atoms with van der Waals surface area (Å²) in [6.45, 7) is 0.452. The largest absolute Gasteiger partial charge is 0.486 e. The fourth-order valence-corrected chi connectivity index (χ4v) is 3.37. The molecule has 3 rings (SSSR count). The molecule has 2 aromatic rings. The fourth-order valence-electron chi connectivity index (χ4n) is 2.57. The standard InChI is InChI=1S/C19H19NO7S/c1-28(23,24)12-13-2-4-14(5-3-13)19(22)27-11-18(21)20-15-6-7-16-17(10-15)26-9-8-25-16/h2-7,10H,8-9,11-12H2,1H3,(H,20,21). The number of benzene rings is 2. The zero-order valence-electron chi connectivity index (χ0n) is 15.1. The normalized spacial score (nSPS) is 12.9. The smallest absolute Gasteiger partial charge is 0.338 e. The molecule has 0 unspecified atom stereocenters. The van der Waals surface area contributed by atoms with E-state index in [9.17, 15) is 18.0 Å². The van der Waals surface area contributed by atoms with E-state index in [2.05, 4.69) is 5.32 Å². The van der Waals surface area contributed by atoms with E-state index in [4.69, 9.17) is 14.2 Å². The van der Waals surface area contributed by atoms with Crippen LogP contribution < -0.4 is 14.8 Å². The van der Waals surface area contributed by atoms with Crippen LogP contribution in [-0.4, -0.2) is 46.4 Å². The highest BCUT2D eigenvalue weighted by molar-refractivity contribution is 7.89. The summed E-state index contributed by atoms with van der Waals surface area (Å²) in [5.41, 5.74) is 1.29. The minimum Gasteiger partial charge on any atom is -0.486 e. The Morgan fingerprint density at radius 1 is 1.04 bits per heavy atom. The monoisotopic (exact) mass is 405 g/mol. The molecule has 9 heteroatoms. The molecule has 0 bridgehead atoms. The second kappa shape index (κ2) is 8.30. The van der Waals surface area contributed by atoms with E-state index < -0.39 is 28.3 Å². The Hall–Kier alpha value is -3.07. The maximum absolute atomic E-state index is 12.0. The van der Waals surface area contributed by atoms with Gasteiger partial charge >= 0.3 is 5.97 Å². The number of carbonyl (C=O) groups is 2. The molecule has 0 aliphatic carbocycles. The highest BCUT2D eigenvalue weighted by Crippen LogP contribution is 2.32. The van der Waals surface area contributed by atoms with Crippen molar-refractivity contribution in [1.29, 1.82) is 0 Å². The molecular formula is C19H19NO7S. The van der Waals surface area contributed by atoms with Crippen LogP contribution in [0.3, 0.4) is 0 Å². The molecule has 1 aliphatic rings. The lowest BCUT2D eigenvalue weighted by molar-refractivity contribution is -0.119. The summed E-state index contributed by atoms with van der Waals surface area (Å²) >= 11 is 0. The van der Waals surface area contributed by atoms with Crippen molar-refractivity contribution >= 4 is 27.4 Å². The first kappa shape index (κ1) is 19.7. The summed E-state index contributed by atoms with van der Waals surface area (Å²) in [7, 11) is -3.15. The molecule has 28 heavy (non-hydrogen) atoms. The number of nitrogens with one attached hydrogen (secondary N) is 1. The van der Waals surface area contributed by atoms with Crippen molar-refractivity contribution in [3.05, 3.63) is 53.6 Å². The van der Waals surface area contributed by atoms with Crippen LogP contribution >= 0.6 is 0 Å². The number of hydrogen-bond donors (Lipinski definition) is 1. The minimum absolute atomic E-state index is 0.111. The maximum atomic E-state index is 12.0. The second-order valence-corrected chi connectivity index (χ2v) is 8.39. The van der Waals surface area contributed by atoms with E-state index in [-0.39, 0.29) is 11.3 Å². The van der Waals surface area contributed by atoms with E-state index in [1.54, 1.807) is 18.2 Å². The first-order valence-corrected chi connectivity index (χ1v) is 10.5. The summed E-state index contributed by atoms with van der Waals surface area (Å²) in [6.07, 6.45) is 1.13. The molecule has 1 aliphatic heterocycles. The van der Waals surface area contributed by atoms with Crippen LogP contribution in [0.2, 0.25) is 0 Å². The van der Waals surface area contributed by atoms with Gasteiger partial charge in [0.25, 0.3) is 5.91 Å². The van der Waals surface area contributed by atoms with Gasteiger partial charge < -0.3 is 19.5 Å². The molecule has 1 heterocycles. The third-order valence-electron chi connectivity index (χ3n) is 3.78. The zero-order chi connectivity index (χ0) is 20.1. The number of hydrogen-bond acceptors (Lipinski definition) is 7. The van der Waals surface area contributed by atoms with Gasteiger partial charge in [-0.15, -0.1) is 0 Å². The number of sulfone groups is 1. The van der Waals surface area contributed by atoms with Gasteiger partial charge in [0.15, 0.2) is 27.9 Å². The van der Waals surface area contributed by atoms with Gasteiger partial charge in [0.1, 0.15) is 13.2 Å². The lowest BCUT2D eigenvalue weighted by atomic mass is 10.1. The van der Waals surface area contributed by atoms with Crippen LogP contribution in [0, 0.1) is 0 Å². The Morgan fingerprint density at radius 2 is 1.71 bits per heavy atom. The van der Waals surface area contributed by atoms with Gasteiger partial charge in [-0.3, -0.25) is 4.79 Å². The van der Waals surface area contributed by atoms with Crippen molar-refractivity contribution in [2.24, 2.45) is 0 Å². The van der Waals surface area contributed by atoms with Crippen molar-refractivity contribution in [3.63, 3.8) is 0 Å². The number of esters is 1. The van der Waals surface area contributed by atoms with Gasteiger partial charge in [-0.2, -0.15) is 0 Å². The second-order valence-electron chi connectivity index (χ2n) is 6.25. The Balaban J connectivity index is 1.52. The van der Waals surface area contributed by atoms with Crippen molar-refractivity contribution < 1.29 is 32.2 Å². The molecule has 0 radical (unpaired) electrons.